The molecular formula is C64H114N12O14. The molecule has 26 nitrogen and oxygen atoms in total. The number of likely N-dealkylation sites (N-methyl/N-ethyl adjacent to an activating group) is 6. The monoisotopic (exact) mass is 1270 g/mol. The maximum absolute atomic E-state index is 15.1. The minimum absolute atomic E-state index is 0.0305. The van der Waals surface area contributed by atoms with Crippen LogP contribution >= 0.6 is 0 Å². The summed E-state index contributed by atoms with van der Waals surface area (Å²) >= 11 is 0. The number of carbonyl (C=O) groups excluding carboxylic acids is 12. The predicted octanol–water partition coefficient (Wildman–Crippen LogP) is 3.64. The van der Waals surface area contributed by atoms with Crippen LogP contribution in [0.15, 0.2) is 0 Å². The van der Waals surface area contributed by atoms with E-state index in [1.807, 2.05) is 41.5 Å². The van der Waals surface area contributed by atoms with Crippen LogP contribution in [0.3, 0.4) is 0 Å². The highest BCUT2D eigenvalue weighted by atomic mass is 16.7. The molecule has 2 fully saturated rings. The Balaban J connectivity index is 3.02. The number of unbranched alkanes of at least 4 members (excludes halogenated alkanes) is 1. The molecule has 13 atom stereocenters. The van der Waals surface area contributed by atoms with E-state index in [4.69, 9.17) is 9.57 Å². The fraction of sp³-hybridized carbons (Fsp3) is 0.812. The molecule has 0 saturated carbocycles. The summed E-state index contributed by atoms with van der Waals surface area (Å²) in [5.41, 5.74) is -1.39. The normalized spacial score (nSPS) is 27.7. The molecule has 90 heavy (non-hydrogen) atoms. The van der Waals surface area contributed by atoms with Gasteiger partial charge in [-0.2, -0.15) is 0 Å². The number of nitrogens with one attached hydrogen (secondary N) is 4. The van der Waals surface area contributed by atoms with Gasteiger partial charge in [-0.05, 0) is 82.5 Å². The molecular weight excluding hydrogens is 1160 g/mol. The van der Waals surface area contributed by atoms with Crippen LogP contribution in [-0.4, -0.2) is 246 Å². The Hall–Kier alpha value is -6.60. The Morgan fingerprint density at radius 2 is 1.07 bits per heavy atom. The Morgan fingerprint density at radius 1 is 0.556 bits per heavy atom. The summed E-state index contributed by atoms with van der Waals surface area (Å²) in [7, 11) is 11.4. The van der Waals surface area contributed by atoms with Gasteiger partial charge in [0.2, 0.25) is 59.1 Å². The van der Waals surface area contributed by atoms with E-state index in [2.05, 4.69) is 21.3 Å². The molecule has 2 saturated heterocycles. The predicted molar refractivity (Wildman–Crippen MR) is 341 cm³/mol. The molecule has 0 bridgehead atoms. The first-order chi connectivity index (χ1) is 41.6. The first-order valence-corrected chi connectivity index (χ1v) is 32.2. The van der Waals surface area contributed by atoms with Gasteiger partial charge in [0.15, 0.2) is 6.04 Å². The number of rotatable bonds is 16. The van der Waals surface area contributed by atoms with Crippen LogP contribution in [0.25, 0.3) is 0 Å². The molecule has 4 N–H and O–H groups in total. The van der Waals surface area contributed by atoms with Crippen LogP contribution in [0, 0.1) is 35.0 Å². The highest BCUT2D eigenvalue weighted by Crippen LogP contribution is 2.35. The maximum Gasteiger partial charge on any atom is 0.409 e. The lowest BCUT2D eigenvalue weighted by Gasteiger charge is -2.50. The van der Waals surface area contributed by atoms with Gasteiger partial charge in [0.25, 0.3) is 5.91 Å². The van der Waals surface area contributed by atoms with Crippen molar-refractivity contribution in [3.05, 3.63) is 0 Å². The van der Waals surface area contributed by atoms with Crippen LogP contribution in [0.4, 0.5) is 4.79 Å². The Kier molecular flexibility index (Phi) is 30.7. The largest absolute Gasteiger partial charge is 0.449 e. The summed E-state index contributed by atoms with van der Waals surface area (Å²) in [4.78, 5) is 190. The second kappa shape index (κ2) is 34.7. The summed E-state index contributed by atoms with van der Waals surface area (Å²) in [6, 6.07) is -13.8. The first kappa shape index (κ1) is 79.5. The summed E-state index contributed by atoms with van der Waals surface area (Å²) in [6.45, 7) is 28.8. The molecule has 2 rings (SSSR count). The molecule has 0 aromatic rings. The number of hydrogen-bond acceptors (Lipinski definition) is 14. The van der Waals surface area contributed by atoms with E-state index >= 15 is 14.4 Å². The third kappa shape index (κ3) is 20.0. The SMILES string of the molecule is CCCC[C@@H](C)[C@H]1ON2C(=O)[C@H](C(C)C)N(C)C(=O)[C@H](CC(C)C)N(C)C(=O)[C@H](CC(C)C)N(C)C(=O)[C@@H](C)NC(=O)[C@H](C)NC(=O)[C@H](CCC)N(C)C(=O)[C@H](C(C)C)NC(=O)[C@H](C(C)(C)COC(=O)N(C)C)N(C)C(=O)[C@@H](C)N(C)C(=O)[C@H](CC)NC(=O)[C@H]12. The number of hydroxylamine groups is 2. The zero-order valence-corrected chi connectivity index (χ0v) is 59.0. The van der Waals surface area contributed by atoms with Crippen molar-refractivity contribution < 1.29 is 67.1 Å². The second-order valence-electron chi connectivity index (χ2n) is 27.5. The third-order valence-corrected chi connectivity index (χ3v) is 17.5. The molecule has 0 radical (unpaired) electrons. The molecule has 514 valence electrons. The van der Waals surface area contributed by atoms with Crippen LogP contribution < -0.4 is 21.3 Å². The molecule has 0 unspecified atom stereocenters. The van der Waals surface area contributed by atoms with Gasteiger partial charge >= 0.3 is 6.09 Å². The standard InChI is InChI=1S/C64H114N12O14/c1-26-29-31-39(12)50-49-54(79)67-43(28-3)58(83)70(20)42(15)57(82)75(25)51(64(16,17)34-89-63(88)69(18)19)55(80)68-47(37(8)9)61(86)71(21)44(30-27-2)53(78)65-40(13)52(77)66-41(14)56(81)72(22)45(32-35(4)5)59(84)73(23)46(33-36(6)7)60(85)74(24)48(38(10)11)62(87)76(49)90-50/h35-51H,26-34H2,1-25H3,(H,65,78)(H,66,77)(H,67,79)(H,68,80)/t39-,40+,41-,42-,43+,44+,45+,46+,47+,48+,49+,50-,51-/m1/s1. The van der Waals surface area contributed by atoms with E-state index in [9.17, 15) is 43.2 Å². The van der Waals surface area contributed by atoms with E-state index in [-0.39, 0.29) is 43.4 Å². The highest BCUT2D eigenvalue weighted by Gasteiger charge is 2.55. The number of amides is 12. The third-order valence-electron chi connectivity index (χ3n) is 17.5. The van der Waals surface area contributed by atoms with Crippen molar-refractivity contribution in [1.29, 1.82) is 0 Å². The average Bonchev–Trinajstić information content (AvgIpc) is 1.14. The topological polar surface area (TPSA) is 297 Å². The maximum atomic E-state index is 15.1. The molecule has 0 aliphatic carbocycles. The summed E-state index contributed by atoms with van der Waals surface area (Å²) in [6.07, 6.45) is 1.55. The molecule has 2 aliphatic heterocycles. The lowest BCUT2D eigenvalue weighted by Crippen LogP contribution is -2.72. The molecule has 2 heterocycles. The highest BCUT2D eigenvalue weighted by molar-refractivity contribution is 6.00. The summed E-state index contributed by atoms with van der Waals surface area (Å²) in [5.74, 6) is -9.44. The Bertz CT molecular complexity index is 2530. The minimum atomic E-state index is -1.49. The van der Waals surface area contributed by atoms with E-state index in [1.54, 1.807) is 55.4 Å². The smallest absolute Gasteiger partial charge is 0.409 e. The lowest BCUT2D eigenvalue weighted by molar-refractivity contribution is -0.322. The van der Waals surface area contributed by atoms with Gasteiger partial charge < -0.3 is 60.3 Å². The van der Waals surface area contributed by atoms with Gasteiger partial charge in [0.05, 0.1) is 0 Å². The second-order valence-corrected chi connectivity index (χ2v) is 27.5. The van der Waals surface area contributed by atoms with Gasteiger partial charge in [-0.1, -0.05) is 116 Å². The fourth-order valence-electron chi connectivity index (χ4n) is 11.7. The quantitative estimate of drug-likeness (QED) is 0.172. The molecule has 2 aliphatic rings. The van der Waals surface area contributed by atoms with Crippen molar-refractivity contribution in [3.8, 4) is 0 Å². The van der Waals surface area contributed by atoms with E-state index in [0.29, 0.717) is 12.8 Å². The van der Waals surface area contributed by atoms with Crippen molar-refractivity contribution in [2.24, 2.45) is 35.0 Å². The van der Waals surface area contributed by atoms with Crippen molar-refractivity contribution in [3.63, 3.8) is 0 Å². The zero-order valence-electron chi connectivity index (χ0n) is 59.0. The van der Waals surface area contributed by atoms with E-state index < -0.39 is 167 Å². The van der Waals surface area contributed by atoms with Gasteiger partial charge in [0, 0.05) is 61.8 Å². The zero-order chi connectivity index (χ0) is 69.5. The first-order valence-electron chi connectivity index (χ1n) is 32.2. The summed E-state index contributed by atoms with van der Waals surface area (Å²) in [5, 5.41) is 12.0. The minimum Gasteiger partial charge on any atom is -0.449 e. The number of ether oxygens (including phenoxy) is 1. The molecule has 0 aromatic heterocycles. The summed E-state index contributed by atoms with van der Waals surface area (Å²) < 4.78 is 5.60. The number of nitrogens with zero attached hydrogens (tertiary/aromatic N) is 8. The van der Waals surface area contributed by atoms with Gasteiger partial charge in [-0.15, -0.1) is 0 Å². The Labute approximate surface area is 536 Å². The molecule has 0 spiro atoms. The average molecular weight is 1280 g/mol. The lowest BCUT2D eigenvalue weighted by atomic mass is 9.83. The molecule has 12 amide bonds. The molecule has 26 heteroatoms. The van der Waals surface area contributed by atoms with Crippen LogP contribution in [-0.2, 0) is 62.3 Å². The van der Waals surface area contributed by atoms with Crippen molar-refractivity contribution in [2.75, 3.05) is 63.0 Å². The Morgan fingerprint density at radius 3 is 1.54 bits per heavy atom. The number of fused-ring (bicyclic) bond motifs is 1. The number of hydrogen-bond donors (Lipinski definition) is 4. The van der Waals surface area contributed by atoms with Gasteiger partial charge in [-0.25, -0.2) is 9.86 Å². The van der Waals surface area contributed by atoms with Crippen molar-refractivity contribution in [1.82, 2.24) is 60.6 Å². The molecule has 0 aromatic carbocycles. The van der Waals surface area contributed by atoms with Crippen LogP contribution in [0.5, 0.6) is 0 Å². The fourth-order valence-corrected chi connectivity index (χ4v) is 11.7. The van der Waals surface area contributed by atoms with Crippen LogP contribution in [0.1, 0.15) is 169 Å². The van der Waals surface area contributed by atoms with E-state index in [0.717, 1.165) is 27.7 Å². The van der Waals surface area contributed by atoms with Crippen LogP contribution in [0.2, 0.25) is 0 Å². The van der Waals surface area contributed by atoms with Gasteiger partial charge in [-0.3, -0.25) is 57.6 Å². The number of carbonyl (C=O) groups is 12. The van der Waals surface area contributed by atoms with E-state index in [1.165, 1.54) is 102 Å². The van der Waals surface area contributed by atoms with Gasteiger partial charge in [0.1, 0.15) is 73.1 Å². The van der Waals surface area contributed by atoms with Crippen molar-refractivity contribution in [2.45, 2.75) is 242 Å². The van der Waals surface area contributed by atoms with Crippen molar-refractivity contribution >= 4 is 71.1 Å².